The number of anilines is 3. The fraction of sp³-hybridized carbons (Fsp3) is 0.0746. The van der Waals surface area contributed by atoms with Gasteiger partial charge in [-0.05, 0) is 143 Å². The van der Waals surface area contributed by atoms with E-state index in [4.69, 9.17) is 0 Å². The van der Waals surface area contributed by atoms with E-state index < -0.39 is 18.9 Å². The topological polar surface area (TPSA) is 3.24 Å². The van der Waals surface area contributed by atoms with E-state index in [9.17, 15) is 0 Å². The molecule has 10 aromatic carbocycles. The molecule has 1 nitrogen and oxygen atoms in total. The van der Waals surface area contributed by atoms with Gasteiger partial charge >= 0.3 is 0 Å². The number of benzene rings is 10. The van der Waals surface area contributed by atoms with Crippen molar-refractivity contribution in [3.05, 3.63) is 299 Å². The molecule has 0 fully saturated rings. The van der Waals surface area contributed by atoms with Crippen molar-refractivity contribution in [3.8, 4) is 33.4 Å². The van der Waals surface area contributed by atoms with E-state index in [1.807, 2.05) is 0 Å². The summed E-state index contributed by atoms with van der Waals surface area (Å²) in [5.74, 6) is 0. The number of rotatable bonds is 9. The van der Waals surface area contributed by atoms with Crippen LogP contribution in [0, 0.1) is 0 Å². The molecule has 2 aliphatic carbocycles. The van der Waals surface area contributed by atoms with Gasteiger partial charge in [0.25, 0.3) is 0 Å². The third kappa shape index (κ3) is 6.42. The van der Waals surface area contributed by atoms with Crippen LogP contribution in [0.2, 0.25) is 19.6 Å². The van der Waals surface area contributed by atoms with Crippen molar-refractivity contribution < 1.29 is 0 Å². The van der Waals surface area contributed by atoms with Crippen LogP contribution in [0.5, 0.6) is 0 Å². The summed E-state index contributed by atoms with van der Waals surface area (Å²) in [7, 11) is -1.57. The van der Waals surface area contributed by atoms with Gasteiger partial charge in [-0.1, -0.05) is 219 Å². The second-order valence-corrected chi connectivity index (χ2v) is 26.1. The van der Waals surface area contributed by atoms with E-state index in [1.54, 1.807) is 11.3 Å². The van der Waals surface area contributed by atoms with E-state index in [1.165, 1.54) is 93.2 Å². The van der Waals surface area contributed by atoms with Gasteiger partial charge < -0.3 is 4.90 Å². The SMILES string of the molecule is C[Si](C)(C)c1ccc(C2(c3ccccc3)c3ccccc3-c3ccc(N(c4ccc(-c5ccc6sccc6c5)cc4)c4ccc5c(c4)C(c4ccccc4)(c4ccccc4)c4ccccc4-5)cc32)cc1. The standard InChI is InChI=1S/C67H51NSSi/c1-70(2,3)56-36-30-52(31-37-56)67(51-21-11-6-12-22-51)62-26-16-14-24-58(62)60-39-35-55(45-64(60)67)68(53-32-27-46(28-33-53)47-29-40-65-48(43-47)41-42-69-65)54-34-38-59-57-23-13-15-25-61(57)66(63(59)44-54,49-17-7-4-8-18-49)50-19-9-5-10-20-50/h4-45H,1-3H3. The Morgan fingerprint density at radius 3 is 1.27 bits per heavy atom. The molecule has 0 amide bonds. The number of hydrogen-bond donors (Lipinski definition) is 0. The van der Waals surface area contributed by atoms with Crippen LogP contribution in [-0.2, 0) is 10.8 Å². The lowest BCUT2D eigenvalue weighted by atomic mass is 9.67. The third-order valence-electron chi connectivity index (χ3n) is 15.3. The molecule has 1 unspecified atom stereocenters. The summed E-state index contributed by atoms with van der Waals surface area (Å²) in [5.41, 5.74) is 20.0. The average molecular weight is 930 g/mol. The van der Waals surface area contributed by atoms with Crippen molar-refractivity contribution in [2.75, 3.05) is 4.90 Å². The molecule has 0 N–H and O–H groups in total. The first-order valence-electron chi connectivity index (χ1n) is 24.5. The number of nitrogens with zero attached hydrogens (tertiary/aromatic N) is 1. The summed E-state index contributed by atoms with van der Waals surface area (Å²) in [6.45, 7) is 7.31. The second-order valence-electron chi connectivity index (χ2n) is 20.0. The Balaban J connectivity index is 1.06. The van der Waals surface area contributed by atoms with Gasteiger partial charge in [-0.2, -0.15) is 0 Å². The smallest absolute Gasteiger partial charge is 0.0775 e. The van der Waals surface area contributed by atoms with Gasteiger partial charge in [0, 0.05) is 21.8 Å². The first kappa shape index (κ1) is 42.3. The van der Waals surface area contributed by atoms with Crippen LogP contribution < -0.4 is 10.1 Å². The van der Waals surface area contributed by atoms with E-state index in [2.05, 4.69) is 279 Å². The lowest BCUT2D eigenvalue weighted by molar-refractivity contribution is 0.767. The molecule has 334 valence electrons. The minimum atomic E-state index is -1.57. The monoisotopic (exact) mass is 929 g/mol. The first-order chi connectivity index (χ1) is 34.3. The quantitative estimate of drug-likeness (QED) is 0.130. The van der Waals surface area contributed by atoms with Crippen LogP contribution >= 0.6 is 11.3 Å². The molecule has 13 rings (SSSR count). The molecule has 3 heteroatoms. The van der Waals surface area contributed by atoms with E-state index >= 15 is 0 Å². The molecule has 0 saturated carbocycles. The highest BCUT2D eigenvalue weighted by atomic mass is 32.1. The number of thiophene rings is 1. The molecular weight excluding hydrogens is 879 g/mol. The fourth-order valence-corrected chi connectivity index (χ4v) is 14.0. The van der Waals surface area contributed by atoms with Crippen LogP contribution in [-0.4, -0.2) is 8.07 Å². The molecule has 1 heterocycles. The Morgan fingerprint density at radius 1 is 0.343 bits per heavy atom. The van der Waals surface area contributed by atoms with Crippen LogP contribution in [0.25, 0.3) is 43.5 Å². The maximum atomic E-state index is 2.51. The Bertz CT molecular complexity index is 3700. The average Bonchev–Trinajstić information content (AvgIpc) is 4.10. The van der Waals surface area contributed by atoms with Crippen LogP contribution in [0.4, 0.5) is 17.1 Å². The van der Waals surface area contributed by atoms with E-state index in [-0.39, 0.29) is 0 Å². The molecule has 70 heavy (non-hydrogen) atoms. The largest absolute Gasteiger partial charge is 0.310 e. The number of hydrogen-bond acceptors (Lipinski definition) is 2. The van der Waals surface area contributed by atoms with Gasteiger partial charge in [0.2, 0.25) is 0 Å². The second kappa shape index (κ2) is 16.4. The lowest BCUT2D eigenvalue weighted by Crippen LogP contribution is -2.38. The van der Waals surface area contributed by atoms with Crippen LogP contribution in [0.1, 0.15) is 44.5 Å². The van der Waals surface area contributed by atoms with Gasteiger partial charge in [0.05, 0.1) is 18.9 Å². The summed E-state index contributed by atoms with van der Waals surface area (Å²) >= 11 is 1.79. The maximum absolute atomic E-state index is 2.51. The van der Waals surface area contributed by atoms with Crippen molar-refractivity contribution in [1.82, 2.24) is 0 Å². The molecule has 0 spiro atoms. The highest BCUT2D eigenvalue weighted by Gasteiger charge is 2.48. The summed E-state index contributed by atoms with van der Waals surface area (Å²) in [6.07, 6.45) is 0. The molecule has 0 saturated heterocycles. The minimum absolute atomic E-state index is 0.537. The molecule has 0 radical (unpaired) electrons. The van der Waals surface area contributed by atoms with Crippen molar-refractivity contribution in [3.63, 3.8) is 0 Å². The predicted molar refractivity (Wildman–Crippen MR) is 300 cm³/mol. The zero-order chi connectivity index (χ0) is 47.0. The summed E-state index contributed by atoms with van der Waals surface area (Å²) in [5, 5.41) is 4.92. The zero-order valence-electron chi connectivity index (χ0n) is 39.6. The molecule has 2 aliphatic rings. The molecule has 11 aromatic rings. The van der Waals surface area contributed by atoms with Crippen molar-refractivity contribution in [1.29, 1.82) is 0 Å². The van der Waals surface area contributed by atoms with Crippen LogP contribution in [0.3, 0.4) is 0 Å². The summed E-state index contributed by atoms with van der Waals surface area (Å²) in [4.78, 5) is 2.50. The van der Waals surface area contributed by atoms with Crippen molar-refractivity contribution in [2.24, 2.45) is 0 Å². The van der Waals surface area contributed by atoms with Crippen LogP contribution in [0.15, 0.2) is 254 Å². The summed E-state index contributed by atoms with van der Waals surface area (Å²) in [6, 6.07) is 94.1. The zero-order valence-corrected chi connectivity index (χ0v) is 41.4. The van der Waals surface area contributed by atoms with Gasteiger partial charge in [-0.3, -0.25) is 0 Å². The lowest BCUT2D eigenvalue weighted by Gasteiger charge is -2.36. The Hall–Kier alpha value is -7.82. The van der Waals surface area contributed by atoms with E-state index in [0.29, 0.717) is 0 Å². The minimum Gasteiger partial charge on any atom is -0.310 e. The van der Waals surface area contributed by atoms with Crippen molar-refractivity contribution in [2.45, 2.75) is 30.5 Å². The van der Waals surface area contributed by atoms with Gasteiger partial charge in [0.1, 0.15) is 0 Å². The Kier molecular flexibility index (Phi) is 9.92. The van der Waals surface area contributed by atoms with E-state index in [0.717, 1.165) is 17.1 Å². The van der Waals surface area contributed by atoms with Gasteiger partial charge in [-0.15, -0.1) is 11.3 Å². The Labute approximate surface area is 416 Å². The summed E-state index contributed by atoms with van der Waals surface area (Å²) < 4.78 is 1.31. The molecule has 0 aliphatic heterocycles. The third-order valence-corrected chi connectivity index (χ3v) is 18.3. The highest BCUT2D eigenvalue weighted by Crippen LogP contribution is 2.59. The fourth-order valence-electron chi connectivity index (χ4n) is 12.1. The van der Waals surface area contributed by atoms with Gasteiger partial charge in [-0.25, -0.2) is 0 Å². The van der Waals surface area contributed by atoms with Crippen molar-refractivity contribution >= 4 is 51.7 Å². The Morgan fingerprint density at radius 2 is 0.771 bits per heavy atom. The molecular formula is C67H51NSSi. The maximum Gasteiger partial charge on any atom is 0.0775 e. The molecule has 1 aromatic heterocycles. The predicted octanol–water partition coefficient (Wildman–Crippen LogP) is 17.3. The molecule has 0 bridgehead atoms. The normalized spacial score (nSPS) is 15.2. The highest BCUT2D eigenvalue weighted by molar-refractivity contribution is 7.17. The van der Waals surface area contributed by atoms with Gasteiger partial charge in [0.15, 0.2) is 0 Å². The first-order valence-corrected chi connectivity index (χ1v) is 28.9. The molecule has 1 atom stereocenters. The number of fused-ring (bicyclic) bond motifs is 7.